The van der Waals surface area contributed by atoms with Crippen LogP contribution in [0.3, 0.4) is 0 Å². The van der Waals surface area contributed by atoms with Gasteiger partial charge in [-0.05, 0) is 42.7 Å². The molecule has 2 aromatic carbocycles. The maximum Gasteiger partial charge on any atom is 0.348 e. The molecule has 0 saturated heterocycles. The Morgan fingerprint density at radius 1 is 1.11 bits per heavy atom. The average molecular weight is 513 g/mol. The van der Waals surface area contributed by atoms with Gasteiger partial charge >= 0.3 is 12.0 Å². The zero-order valence-electron chi connectivity index (χ0n) is 21.1. The zero-order valence-corrected chi connectivity index (χ0v) is 21.9. The number of esters is 1. The highest BCUT2D eigenvalue weighted by Gasteiger charge is 2.27. The van der Waals surface area contributed by atoms with Crippen LogP contribution >= 0.6 is 11.3 Å². The molecule has 0 saturated carbocycles. The summed E-state index contributed by atoms with van der Waals surface area (Å²) in [6, 6.07) is 17.6. The third kappa shape index (κ3) is 5.11. The van der Waals surface area contributed by atoms with E-state index in [1.54, 1.807) is 6.07 Å². The van der Waals surface area contributed by atoms with Crippen LogP contribution in [-0.2, 0) is 24.1 Å². The lowest BCUT2D eigenvalue weighted by Crippen LogP contribution is -2.39. The summed E-state index contributed by atoms with van der Waals surface area (Å²) in [5.74, 6) is 0.192. The summed E-state index contributed by atoms with van der Waals surface area (Å²) in [6.07, 6.45) is 1.52. The van der Waals surface area contributed by atoms with E-state index in [0.29, 0.717) is 30.2 Å². The van der Waals surface area contributed by atoms with E-state index in [2.05, 4.69) is 31.3 Å². The van der Waals surface area contributed by atoms with Crippen molar-refractivity contribution < 1.29 is 14.3 Å². The monoisotopic (exact) mass is 512 g/mol. The number of thiophene rings is 1. The number of aryl methyl sites for hydroxylation is 2. The standard InChI is InChI=1S/C29H28N4O3S/c1-4-19-9-7-10-21(14-19)30-29(35)33-13-12-24-23(16-33)26(22-11-6-5-8-18(22)2)32-27(31-24)20-15-25(37-17-20)28(34)36-3/h5-11,14-15,17H,4,12-13,16H2,1-3H3,(H,30,35). The molecule has 188 valence electrons. The topological polar surface area (TPSA) is 84.4 Å². The first-order chi connectivity index (χ1) is 18.0. The Morgan fingerprint density at radius 3 is 2.73 bits per heavy atom. The van der Waals surface area contributed by atoms with Crippen LogP contribution in [0.4, 0.5) is 10.5 Å². The normalized spacial score (nSPS) is 12.7. The Labute approximate surface area is 220 Å². The molecule has 7 nitrogen and oxygen atoms in total. The minimum atomic E-state index is -0.375. The molecule has 1 N–H and O–H groups in total. The fourth-order valence-corrected chi connectivity index (χ4v) is 5.31. The van der Waals surface area contributed by atoms with Crippen molar-refractivity contribution in [2.24, 2.45) is 0 Å². The van der Waals surface area contributed by atoms with Crippen LogP contribution in [0, 0.1) is 6.92 Å². The van der Waals surface area contributed by atoms with Gasteiger partial charge in [-0.3, -0.25) is 0 Å². The molecule has 5 rings (SSSR count). The summed E-state index contributed by atoms with van der Waals surface area (Å²) in [4.78, 5) is 37.4. The molecule has 2 amide bonds. The van der Waals surface area contributed by atoms with Crippen LogP contribution in [0.2, 0.25) is 0 Å². The van der Waals surface area contributed by atoms with Crippen LogP contribution < -0.4 is 5.32 Å². The number of amides is 2. The highest BCUT2D eigenvalue weighted by atomic mass is 32.1. The highest BCUT2D eigenvalue weighted by molar-refractivity contribution is 7.12. The molecular weight excluding hydrogens is 484 g/mol. The number of fused-ring (bicyclic) bond motifs is 1. The van der Waals surface area contributed by atoms with E-state index in [1.165, 1.54) is 24.0 Å². The zero-order chi connectivity index (χ0) is 25.9. The lowest BCUT2D eigenvalue weighted by molar-refractivity contribution is 0.0606. The number of benzene rings is 2. The van der Waals surface area contributed by atoms with Crippen LogP contribution in [0.1, 0.15) is 39.0 Å². The average Bonchev–Trinajstić information content (AvgIpc) is 3.43. The van der Waals surface area contributed by atoms with Crippen molar-refractivity contribution in [3.8, 4) is 22.6 Å². The molecule has 8 heteroatoms. The van der Waals surface area contributed by atoms with E-state index in [9.17, 15) is 9.59 Å². The van der Waals surface area contributed by atoms with E-state index in [4.69, 9.17) is 14.7 Å². The maximum atomic E-state index is 13.2. The van der Waals surface area contributed by atoms with Gasteiger partial charge in [0, 0.05) is 40.7 Å². The van der Waals surface area contributed by atoms with Crippen molar-refractivity contribution in [1.82, 2.24) is 14.9 Å². The van der Waals surface area contributed by atoms with Crippen molar-refractivity contribution in [2.45, 2.75) is 33.2 Å². The summed E-state index contributed by atoms with van der Waals surface area (Å²) >= 11 is 1.31. The van der Waals surface area contributed by atoms with Gasteiger partial charge in [0.2, 0.25) is 0 Å². The molecule has 0 bridgehead atoms. The second kappa shape index (κ2) is 10.5. The van der Waals surface area contributed by atoms with Gasteiger partial charge in [0.15, 0.2) is 5.82 Å². The summed E-state index contributed by atoms with van der Waals surface area (Å²) in [7, 11) is 1.37. The van der Waals surface area contributed by atoms with E-state index in [1.807, 2.05) is 46.7 Å². The second-order valence-corrected chi connectivity index (χ2v) is 9.89. The molecule has 0 fully saturated rings. The van der Waals surface area contributed by atoms with Gasteiger partial charge in [0.25, 0.3) is 0 Å². The lowest BCUT2D eigenvalue weighted by Gasteiger charge is -2.30. The van der Waals surface area contributed by atoms with Gasteiger partial charge in [0.05, 0.1) is 25.0 Å². The molecule has 0 aliphatic carbocycles. The van der Waals surface area contributed by atoms with Gasteiger partial charge in [-0.25, -0.2) is 19.6 Å². The van der Waals surface area contributed by atoms with Crippen LogP contribution in [0.25, 0.3) is 22.6 Å². The van der Waals surface area contributed by atoms with Crippen molar-refractivity contribution in [1.29, 1.82) is 0 Å². The third-order valence-electron chi connectivity index (χ3n) is 6.58. The van der Waals surface area contributed by atoms with E-state index in [0.717, 1.165) is 45.7 Å². The number of ether oxygens (including phenoxy) is 1. The van der Waals surface area contributed by atoms with E-state index in [-0.39, 0.29) is 12.0 Å². The molecule has 0 spiro atoms. The summed E-state index contributed by atoms with van der Waals surface area (Å²) in [5.41, 5.74) is 7.52. The van der Waals surface area contributed by atoms with Crippen LogP contribution in [0.5, 0.6) is 0 Å². The Hall–Kier alpha value is -4.04. The number of urea groups is 1. The quantitative estimate of drug-likeness (QED) is 0.326. The molecule has 37 heavy (non-hydrogen) atoms. The molecule has 1 aliphatic heterocycles. The minimum absolute atomic E-state index is 0.140. The number of nitrogens with one attached hydrogen (secondary N) is 1. The number of methoxy groups -OCH3 is 1. The largest absolute Gasteiger partial charge is 0.465 e. The predicted molar refractivity (Wildman–Crippen MR) is 146 cm³/mol. The predicted octanol–water partition coefficient (Wildman–Crippen LogP) is 6.12. The number of aromatic nitrogens is 2. The number of rotatable bonds is 5. The number of hydrogen-bond acceptors (Lipinski definition) is 6. The first-order valence-electron chi connectivity index (χ1n) is 12.2. The lowest BCUT2D eigenvalue weighted by atomic mass is 9.96. The van der Waals surface area contributed by atoms with E-state index >= 15 is 0 Å². The van der Waals surface area contributed by atoms with Crippen molar-refractivity contribution in [2.75, 3.05) is 19.0 Å². The summed E-state index contributed by atoms with van der Waals surface area (Å²) in [6.45, 7) is 5.11. The van der Waals surface area contributed by atoms with Crippen molar-refractivity contribution in [3.05, 3.63) is 87.2 Å². The minimum Gasteiger partial charge on any atom is -0.465 e. The highest BCUT2D eigenvalue weighted by Crippen LogP contribution is 2.33. The Morgan fingerprint density at radius 2 is 1.95 bits per heavy atom. The molecule has 4 aromatic rings. The molecule has 3 heterocycles. The van der Waals surface area contributed by atoms with Gasteiger partial charge in [-0.1, -0.05) is 43.3 Å². The first kappa shape index (κ1) is 24.6. The van der Waals surface area contributed by atoms with Crippen LogP contribution in [0.15, 0.2) is 60.0 Å². The Balaban J connectivity index is 1.50. The molecule has 0 atom stereocenters. The Bertz CT molecular complexity index is 1480. The van der Waals surface area contributed by atoms with Crippen molar-refractivity contribution in [3.63, 3.8) is 0 Å². The first-order valence-corrected chi connectivity index (χ1v) is 13.1. The molecular formula is C29H28N4O3S. The molecule has 2 aromatic heterocycles. The Kier molecular flexibility index (Phi) is 7.01. The smallest absolute Gasteiger partial charge is 0.348 e. The van der Waals surface area contributed by atoms with E-state index < -0.39 is 0 Å². The number of anilines is 1. The van der Waals surface area contributed by atoms with Crippen LogP contribution in [-0.4, -0.2) is 40.5 Å². The SMILES string of the molecule is CCc1cccc(NC(=O)N2CCc3nc(-c4csc(C(=O)OC)c4)nc(-c4ccccc4C)c3C2)c1. The van der Waals surface area contributed by atoms with Gasteiger partial charge in [0.1, 0.15) is 4.88 Å². The number of carbonyl (C=O) groups excluding carboxylic acids is 2. The fourth-order valence-electron chi connectivity index (χ4n) is 4.51. The molecule has 0 radical (unpaired) electrons. The fraction of sp³-hybridized carbons (Fsp3) is 0.241. The third-order valence-corrected chi connectivity index (χ3v) is 7.49. The van der Waals surface area contributed by atoms with Crippen molar-refractivity contribution >= 4 is 29.0 Å². The maximum absolute atomic E-state index is 13.2. The van der Waals surface area contributed by atoms with Gasteiger partial charge in [-0.15, -0.1) is 11.3 Å². The second-order valence-electron chi connectivity index (χ2n) is 8.98. The summed E-state index contributed by atoms with van der Waals surface area (Å²) < 4.78 is 4.86. The number of nitrogens with zero attached hydrogens (tertiary/aromatic N) is 3. The summed E-state index contributed by atoms with van der Waals surface area (Å²) in [5, 5.41) is 4.93. The van der Waals surface area contributed by atoms with Gasteiger partial charge < -0.3 is 15.0 Å². The molecule has 0 unspecified atom stereocenters. The molecule has 1 aliphatic rings. The van der Waals surface area contributed by atoms with Gasteiger partial charge in [-0.2, -0.15) is 0 Å². The number of carbonyl (C=O) groups is 2. The number of hydrogen-bond donors (Lipinski definition) is 1.